The summed E-state index contributed by atoms with van der Waals surface area (Å²) in [5.74, 6) is -4.90. The molecular weight excluding hydrogens is 237 g/mol. The molecule has 1 atom stereocenters. The van der Waals surface area contributed by atoms with E-state index < -0.39 is 18.1 Å². The minimum absolute atomic E-state index is 0.171. The van der Waals surface area contributed by atoms with Crippen molar-refractivity contribution in [2.75, 3.05) is 0 Å². The minimum Gasteiger partial charge on any atom is -0.318 e. The minimum atomic E-state index is -5.62. The summed E-state index contributed by atoms with van der Waals surface area (Å²) < 4.78 is 61.4. The highest BCUT2D eigenvalue weighted by atomic mass is 32.1. The van der Waals surface area contributed by atoms with Crippen LogP contribution in [0.25, 0.3) is 0 Å². The first-order chi connectivity index (χ1) is 6.66. The fourth-order valence-electron chi connectivity index (χ4n) is 0.976. The molecule has 0 saturated carbocycles. The van der Waals surface area contributed by atoms with Crippen molar-refractivity contribution >= 4 is 11.3 Å². The van der Waals surface area contributed by atoms with Crippen LogP contribution in [0, 0.1) is 6.92 Å². The molecule has 0 radical (unpaired) electrons. The molecule has 0 amide bonds. The molecule has 1 rings (SSSR count). The number of aryl methyl sites for hydroxylation is 1. The SMILES string of the molecule is Cc1ccc([C@H](N)C(F)(F)C(F)(F)F)s1. The van der Waals surface area contributed by atoms with Gasteiger partial charge in [0.2, 0.25) is 0 Å². The molecule has 0 fully saturated rings. The Kier molecular flexibility index (Phi) is 3.06. The van der Waals surface area contributed by atoms with Crippen molar-refractivity contribution in [2.24, 2.45) is 5.73 Å². The summed E-state index contributed by atoms with van der Waals surface area (Å²) in [6.45, 7) is 1.60. The van der Waals surface area contributed by atoms with Crippen LogP contribution in [0.5, 0.6) is 0 Å². The summed E-state index contributed by atoms with van der Waals surface area (Å²) in [5, 5.41) is 0. The molecule has 0 aliphatic rings. The Morgan fingerprint density at radius 3 is 2.07 bits per heavy atom. The number of hydrogen-bond acceptors (Lipinski definition) is 2. The Hall–Kier alpha value is -0.690. The Morgan fingerprint density at radius 2 is 1.73 bits per heavy atom. The Balaban J connectivity index is 2.99. The van der Waals surface area contributed by atoms with Gasteiger partial charge in [0.25, 0.3) is 0 Å². The summed E-state index contributed by atoms with van der Waals surface area (Å²) in [7, 11) is 0. The van der Waals surface area contributed by atoms with E-state index in [2.05, 4.69) is 0 Å². The standard InChI is InChI=1S/C8H8F5NS/c1-4-2-3-5(15-4)6(14)7(9,10)8(11,12)13/h2-3,6H,14H2,1H3/t6-/m0/s1. The van der Waals surface area contributed by atoms with E-state index in [-0.39, 0.29) is 4.88 Å². The van der Waals surface area contributed by atoms with E-state index in [4.69, 9.17) is 5.73 Å². The maximum atomic E-state index is 12.8. The zero-order chi connectivity index (χ0) is 11.9. The first-order valence-electron chi connectivity index (χ1n) is 3.92. The lowest BCUT2D eigenvalue weighted by Gasteiger charge is -2.24. The molecule has 0 aliphatic carbocycles. The largest absolute Gasteiger partial charge is 0.455 e. The monoisotopic (exact) mass is 245 g/mol. The van der Waals surface area contributed by atoms with Gasteiger partial charge in [-0.05, 0) is 19.1 Å². The second kappa shape index (κ2) is 3.71. The van der Waals surface area contributed by atoms with E-state index in [1.807, 2.05) is 0 Å². The second-order valence-electron chi connectivity index (χ2n) is 3.05. The summed E-state index contributed by atoms with van der Waals surface area (Å²) in [6, 6.07) is 0.299. The molecule has 15 heavy (non-hydrogen) atoms. The van der Waals surface area contributed by atoms with Gasteiger partial charge in [-0.3, -0.25) is 0 Å². The van der Waals surface area contributed by atoms with Crippen molar-refractivity contribution in [3.8, 4) is 0 Å². The highest BCUT2D eigenvalue weighted by Gasteiger charge is 2.62. The smallest absolute Gasteiger partial charge is 0.318 e. The fraction of sp³-hybridized carbons (Fsp3) is 0.500. The predicted octanol–water partition coefficient (Wildman–Crippen LogP) is 3.25. The average Bonchev–Trinajstić information content (AvgIpc) is 2.48. The molecule has 1 heterocycles. The van der Waals surface area contributed by atoms with Crippen LogP contribution in [-0.4, -0.2) is 12.1 Å². The fourth-order valence-corrected chi connectivity index (χ4v) is 1.89. The van der Waals surface area contributed by atoms with Gasteiger partial charge in [0, 0.05) is 9.75 Å². The van der Waals surface area contributed by atoms with Gasteiger partial charge in [-0.2, -0.15) is 22.0 Å². The van der Waals surface area contributed by atoms with Crippen LogP contribution < -0.4 is 5.73 Å². The molecule has 0 bridgehead atoms. The van der Waals surface area contributed by atoms with Crippen LogP contribution in [0.2, 0.25) is 0 Å². The third-order valence-electron chi connectivity index (χ3n) is 1.84. The Labute approximate surface area is 86.7 Å². The third-order valence-corrected chi connectivity index (χ3v) is 2.92. The van der Waals surface area contributed by atoms with E-state index in [1.54, 1.807) is 6.92 Å². The van der Waals surface area contributed by atoms with Gasteiger partial charge in [0.05, 0.1) is 0 Å². The Bertz CT molecular complexity index is 343. The quantitative estimate of drug-likeness (QED) is 0.795. The first kappa shape index (κ1) is 12.4. The number of hydrogen-bond donors (Lipinski definition) is 1. The predicted molar refractivity (Wildman–Crippen MR) is 47.0 cm³/mol. The number of alkyl halides is 5. The lowest BCUT2D eigenvalue weighted by molar-refractivity contribution is -0.290. The van der Waals surface area contributed by atoms with Crippen LogP contribution in [0.1, 0.15) is 15.8 Å². The number of halogens is 5. The van der Waals surface area contributed by atoms with Gasteiger partial charge < -0.3 is 5.73 Å². The molecule has 1 nitrogen and oxygen atoms in total. The number of nitrogens with two attached hydrogens (primary N) is 1. The second-order valence-corrected chi connectivity index (χ2v) is 4.37. The molecule has 0 aromatic carbocycles. The summed E-state index contributed by atoms with van der Waals surface area (Å²) >= 11 is 0.834. The van der Waals surface area contributed by atoms with Crippen molar-refractivity contribution in [3.05, 3.63) is 21.9 Å². The number of thiophene rings is 1. The van der Waals surface area contributed by atoms with Crippen molar-refractivity contribution in [1.82, 2.24) is 0 Å². The zero-order valence-corrected chi connectivity index (χ0v) is 8.42. The molecule has 2 N–H and O–H groups in total. The molecule has 7 heteroatoms. The molecule has 1 aromatic heterocycles. The summed E-state index contributed by atoms with van der Waals surface area (Å²) in [4.78, 5) is 0.466. The van der Waals surface area contributed by atoms with Crippen molar-refractivity contribution in [3.63, 3.8) is 0 Å². The van der Waals surface area contributed by atoms with E-state index in [0.29, 0.717) is 4.88 Å². The van der Waals surface area contributed by atoms with Crippen molar-refractivity contribution < 1.29 is 22.0 Å². The molecule has 0 aliphatic heterocycles. The van der Waals surface area contributed by atoms with Crippen LogP contribution in [-0.2, 0) is 0 Å². The van der Waals surface area contributed by atoms with E-state index in [1.165, 1.54) is 12.1 Å². The van der Waals surface area contributed by atoms with Crippen LogP contribution in [0.15, 0.2) is 12.1 Å². The van der Waals surface area contributed by atoms with Crippen molar-refractivity contribution in [1.29, 1.82) is 0 Å². The van der Waals surface area contributed by atoms with Gasteiger partial charge in [-0.25, -0.2) is 0 Å². The van der Waals surface area contributed by atoms with Gasteiger partial charge >= 0.3 is 12.1 Å². The van der Waals surface area contributed by atoms with E-state index in [0.717, 1.165) is 11.3 Å². The molecule has 0 unspecified atom stereocenters. The van der Waals surface area contributed by atoms with Crippen LogP contribution >= 0.6 is 11.3 Å². The van der Waals surface area contributed by atoms with Gasteiger partial charge in [-0.1, -0.05) is 0 Å². The maximum absolute atomic E-state index is 12.8. The van der Waals surface area contributed by atoms with Crippen LogP contribution in [0.4, 0.5) is 22.0 Å². The van der Waals surface area contributed by atoms with E-state index in [9.17, 15) is 22.0 Å². The lowest BCUT2D eigenvalue weighted by Crippen LogP contribution is -2.45. The maximum Gasteiger partial charge on any atom is 0.455 e. The number of rotatable bonds is 2. The van der Waals surface area contributed by atoms with Crippen molar-refractivity contribution in [2.45, 2.75) is 25.1 Å². The lowest BCUT2D eigenvalue weighted by atomic mass is 10.1. The summed E-state index contributed by atoms with van der Waals surface area (Å²) in [5.41, 5.74) is 4.91. The first-order valence-corrected chi connectivity index (χ1v) is 4.74. The zero-order valence-electron chi connectivity index (χ0n) is 7.61. The average molecular weight is 245 g/mol. The normalized spacial score (nSPS) is 15.4. The van der Waals surface area contributed by atoms with Gasteiger partial charge in [-0.15, -0.1) is 11.3 Å². The third kappa shape index (κ3) is 2.28. The molecule has 0 spiro atoms. The van der Waals surface area contributed by atoms with E-state index >= 15 is 0 Å². The van der Waals surface area contributed by atoms with Crippen LogP contribution in [0.3, 0.4) is 0 Å². The summed E-state index contributed by atoms with van der Waals surface area (Å²) in [6.07, 6.45) is -5.62. The molecular formula is C8H8F5NS. The Morgan fingerprint density at radius 1 is 1.20 bits per heavy atom. The molecule has 86 valence electrons. The highest BCUT2D eigenvalue weighted by Crippen LogP contribution is 2.44. The highest BCUT2D eigenvalue weighted by molar-refractivity contribution is 7.12. The van der Waals surface area contributed by atoms with Gasteiger partial charge in [0.1, 0.15) is 6.04 Å². The van der Waals surface area contributed by atoms with Gasteiger partial charge in [0.15, 0.2) is 0 Å². The topological polar surface area (TPSA) is 26.0 Å². The molecule has 0 saturated heterocycles. The molecule has 1 aromatic rings.